The van der Waals surface area contributed by atoms with Crippen LogP contribution < -0.4 is 4.74 Å². The summed E-state index contributed by atoms with van der Waals surface area (Å²) in [7, 11) is 1.68. The third-order valence-electron chi connectivity index (χ3n) is 3.59. The van der Waals surface area contributed by atoms with E-state index in [0.717, 1.165) is 17.7 Å². The normalized spacial score (nSPS) is 18.6. The van der Waals surface area contributed by atoms with Crippen LogP contribution in [-0.4, -0.2) is 29.8 Å². The largest absolute Gasteiger partial charge is 0.496 e. The van der Waals surface area contributed by atoms with Crippen LogP contribution in [0.2, 0.25) is 0 Å². The molecular weight excluding hydrogens is 244 g/mol. The molecule has 1 atom stereocenters. The molecule has 2 rings (SSSR count). The van der Waals surface area contributed by atoms with E-state index in [1.54, 1.807) is 7.11 Å². The molecule has 1 saturated heterocycles. The van der Waals surface area contributed by atoms with Gasteiger partial charge in [0.15, 0.2) is 0 Å². The number of methoxy groups -OCH3 is 1. The monoisotopic (exact) mass is 266 g/mol. The molecule has 2 nitrogen and oxygen atoms in total. The summed E-state index contributed by atoms with van der Waals surface area (Å²) in [6.07, 6.45) is 3.91. The fraction of sp³-hybridized carbons (Fsp3) is 0.600. The molecule has 0 bridgehead atoms. The fourth-order valence-corrected chi connectivity index (χ4v) is 3.78. The zero-order chi connectivity index (χ0) is 12.8. The molecule has 18 heavy (non-hydrogen) atoms. The van der Waals surface area contributed by atoms with Crippen LogP contribution in [0, 0.1) is 5.92 Å². The zero-order valence-corrected chi connectivity index (χ0v) is 11.8. The maximum atomic E-state index is 10.2. The molecule has 100 valence electrons. The summed E-state index contributed by atoms with van der Waals surface area (Å²) >= 11 is 2.03. The first-order valence-electron chi connectivity index (χ1n) is 6.67. The Hall–Kier alpha value is -0.670. The van der Waals surface area contributed by atoms with E-state index in [4.69, 9.17) is 4.74 Å². The smallest absolute Gasteiger partial charge is 0.122 e. The minimum atomic E-state index is -0.241. The number of benzene rings is 1. The van der Waals surface area contributed by atoms with Gasteiger partial charge in [-0.2, -0.15) is 11.8 Å². The summed E-state index contributed by atoms with van der Waals surface area (Å²) in [6.45, 7) is 0. The molecule has 0 aliphatic carbocycles. The molecule has 0 spiro atoms. The lowest BCUT2D eigenvalue weighted by molar-refractivity contribution is 0.138. The van der Waals surface area contributed by atoms with Crippen molar-refractivity contribution in [3.8, 4) is 5.75 Å². The van der Waals surface area contributed by atoms with Crippen LogP contribution in [0.5, 0.6) is 5.75 Å². The minimum Gasteiger partial charge on any atom is -0.496 e. The predicted octanol–water partition coefficient (Wildman–Crippen LogP) is 3.13. The molecule has 3 heteroatoms. The van der Waals surface area contributed by atoms with Crippen LogP contribution in [0.3, 0.4) is 0 Å². The fourth-order valence-electron chi connectivity index (χ4n) is 2.58. The van der Waals surface area contributed by atoms with Crippen molar-refractivity contribution >= 4 is 11.8 Å². The van der Waals surface area contributed by atoms with Gasteiger partial charge in [0, 0.05) is 6.42 Å². The maximum absolute atomic E-state index is 10.2. The first kappa shape index (κ1) is 13.8. The highest BCUT2D eigenvalue weighted by Crippen LogP contribution is 2.28. The number of thioether (sulfide) groups is 1. The van der Waals surface area contributed by atoms with Crippen molar-refractivity contribution < 1.29 is 9.84 Å². The molecule has 1 heterocycles. The second-order valence-electron chi connectivity index (χ2n) is 4.96. The van der Waals surface area contributed by atoms with Gasteiger partial charge in [-0.1, -0.05) is 18.2 Å². The number of rotatable bonds is 5. The zero-order valence-electron chi connectivity index (χ0n) is 11.0. The molecule has 0 aromatic heterocycles. The number of aliphatic hydroxyl groups is 1. The van der Waals surface area contributed by atoms with E-state index in [1.807, 2.05) is 36.0 Å². The Kier molecular flexibility index (Phi) is 5.39. The van der Waals surface area contributed by atoms with Gasteiger partial charge >= 0.3 is 0 Å². The predicted molar refractivity (Wildman–Crippen MR) is 77.4 cm³/mol. The Labute approximate surface area is 114 Å². The first-order chi connectivity index (χ1) is 8.79. The first-order valence-corrected chi connectivity index (χ1v) is 7.82. The minimum absolute atomic E-state index is 0.241. The molecular formula is C15H22O2S. The van der Waals surface area contributed by atoms with Crippen LogP contribution in [0.25, 0.3) is 0 Å². The van der Waals surface area contributed by atoms with Gasteiger partial charge in [0.2, 0.25) is 0 Å². The molecule has 0 amide bonds. The highest BCUT2D eigenvalue weighted by Gasteiger charge is 2.18. The van der Waals surface area contributed by atoms with E-state index < -0.39 is 0 Å². The molecule has 1 aromatic rings. The summed E-state index contributed by atoms with van der Waals surface area (Å²) in [5.41, 5.74) is 1.11. The maximum Gasteiger partial charge on any atom is 0.122 e. The van der Waals surface area contributed by atoms with Crippen molar-refractivity contribution in [2.75, 3.05) is 18.6 Å². The Balaban J connectivity index is 1.87. The van der Waals surface area contributed by atoms with Gasteiger partial charge in [-0.15, -0.1) is 0 Å². The topological polar surface area (TPSA) is 29.5 Å². The van der Waals surface area contributed by atoms with Crippen LogP contribution >= 0.6 is 11.8 Å². The second kappa shape index (κ2) is 7.05. The molecule has 1 aliphatic heterocycles. The van der Waals surface area contributed by atoms with Crippen LogP contribution in [0.1, 0.15) is 24.8 Å². The van der Waals surface area contributed by atoms with Crippen molar-refractivity contribution in [2.45, 2.75) is 31.8 Å². The lowest BCUT2D eigenvalue weighted by atomic mass is 9.92. The van der Waals surface area contributed by atoms with E-state index in [0.29, 0.717) is 12.3 Å². The third-order valence-corrected chi connectivity index (χ3v) is 4.64. The van der Waals surface area contributed by atoms with Crippen molar-refractivity contribution in [1.29, 1.82) is 0 Å². The summed E-state index contributed by atoms with van der Waals surface area (Å²) < 4.78 is 5.32. The number of para-hydroxylation sites is 1. The van der Waals surface area contributed by atoms with Crippen molar-refractivity contribution in [3.05, 3.63) is 29.8 Å². The van der Waals surface area contributed by atoms with E-state index >= 15 is 0 Å². The summed E-state index contributed by atoms with van der Waals surface area (Å²) in [6, 6.07) is 7.97. The molecule has 1 unspecified atom stereocenters. The molecule has 0 saturated carbocycles. The lowest BCUT2D eigenvalue weighted by Crippen LogP contribution is -2.19. The Morgan fingerprint density at radius 2 is 2.06 bits per heavy atom. The van der Waals surface area contributed by atoms with Crippen LogP contribution in [0.4, 0.5) is 0 Å². The van der Waals surface area contributed by atoms with E-state index in [1.165, 1.54) is 24.3 Å². The van der Waals surface area contributed by atoms with Crippen LogP contribution in [-0.2, 0) is 6.42 Å². The molecule has 1 fully saturated rings. The van der Waals surface area contributed by atoms with Gasteiger partial charge in [-0.25, -0.2) is 0 Å². The van der Waals surface area contributed by atoms with Crippen molar-refractivity contribution in [1.82, 2.24) is 0 Å². The van der Waals surface area contributed by atoms with Gasteiger partial charge in [0.25, 0.3) is 0 Å². The van der Waals surface area contributed by atoms with Crippen molar-refractivity contribution in [2.24, 2.45) is 5.92 Å². The van der Waals surface area contributed by atoms with Crippen molar-refractivity contribution in [3.63, 3.8) is 0 Å². The summed E-state index contributed by atoms with van der Waals surface area (Å²) in [4.78, 5) is 0. The summed E-state index contributed by atoms with van der Waals surface area (Å²) in [5, 5.41) is 10.2. The number of hydrogen-bond acceptors (Lipinski definition) is 3. The second-order valence-corrected chi connectivity index (χ2v) is 6.19. The average molecular weight is 266 g/mol. The summed E-state index contributed by atoms with van der Waals surface area (Å²) in [5.74, 6) is 4.10. The third kappa shape index (κ3) is 3.92. The SMILES string of the molecule is COc1ccccc1CC(O)CC1CCSCC1. The molecule has 1 N–H and O–H groups in total. The number of ether oxygens (including phenoxy) is 1. The molecule has 1 aliphatic rings. The molecule has 0 radical (unpaired) electrons. The molecule has 1 aromatic carbocycles. The van der Waals surface area contributed by atoms with Gasteiger partial charge in [-0.05, 0) is 48.3 Å². The van der Waals surface area contributed by atoms with Gasteiger partial charge in [0.05, 0.1) is 13.2 Å². The van der Waals surface area contributed by atoms with Gasteiger partial charge < -0.3 is 9.84 Å². The standard InChI is InChI=1S/C15H22O2S/c1-17-15-5-3-2-4-13(15)11-14(16)10-12-6-8-18-9-7-12/h2-5,12,14,16H,6-11H2,1H3. The highest BCUT2D eigenvalue weighted by atomic mass is 32.2. The average Bonchev–Trinajstić information content (AvgIpc) is 2.40. The number of hydrogen-bond donors (Lipinski definition) is 1. The lowest BCUT2D eigenvalue weighted by Gasteiger charge is -2.24. The quantitative estimate of drug-likeness (QED) is 0.888. The Morgan fingerprint density at radius 3 is 2.78 bits per heavy atom. The van der Waals surface area contributed by atoms with Crippen LogP contribution in [0.15, 0.2) is 24.3 Å². The van der Waals surface area contributed by atoms with E-state index in [9.17, 15) is 5.11 Å². The van der Waals surface area contributed by atoms with Gasteiger partial charge in [0.1, 0.15) is 5.75 Å². The van der Waals surface area contributed by atoms with Gasteiger partial charge in [-0.3, -0.25) is 0 Å². The van der Waals surface area contributed by atoms with E-state index in [-0.39, 0.29) is 6.10 Å². The highest BCUT2D eigenvalue weighted by molar-refractivity contribution is 7.99. The Bertz CT molecular complexity index is 361. The van der Waals surface area contributed by atoms with E-state index in [2.05, 4.69) is 0 Å². The number of aliphatic hydroxyl groups excluding tert-OH is 1. The Morgan fingerprint density at radius 1 is 1.33 bits per heavy atom.